The zero-order valence-electron chi connectivity index (χ0n) is 11.3. The van der Waals surface area contributed by atoms with E-state index in [1.54, 1.807) is 6.07 Å². The number of ether oxygens (including phenoxy) is 1. The molecule has 2 atom stereocenters. The molecular weight excluding hydrogens is 228 g/mol. The van der Waals surface area contributed by atoms with E-state index in [-0.39, 0.29) is 11.8 Å². The first kappa shape index (κ1) is 14.5. The average Bonchev–Trinajstić information content (AvgIpc) is 2.37. The molecule has 1 rings (SSSR count). The lowest BCUT2D eigenvalue weighted by Gasteiger charge is -2.18. The van der Waals surface area contributed by atoms with Gasteiger partial charge in [0.25, 0.3) is 0 Å². The molecule has 100 valence electrons. The first-order chi connectivity index (χ1) is 8.58. The minimum Gasteiger partial charge on any atom is -0.494 e. The fourth-order valence-electron chi connectivity index (χ4n) is 1.57. The van der Waals surface area contributed by atoms with Gasteiger partial charge in [0.05, 0.1) is 12.6 Å². The van der Waals surface area contributed by atoms with Crippen molar-refractivity contribution in [3.63, 3.8) is 0 Å². The van der Waals surface area contributed by atoms with E-state index in [0.29, 0.717) is 12.3 Å². The van der Waals surface area contributed by atoms with Crippen LogP contribution >= 0.6 is 0 Å². The number of benzene rings is 1. The van der Waals surface area contributed by atoms with Gasteiger partial charge in [0.15, 0.2) is 0 Å². The Kier molecular flexibility index (Phi) is 5.65. The number of carbonyl (C=O) groups excluding carboxylic acids is 1. The highest BCUT2D eigenvalue weighted by atomic mass is 16.5. The van der Waals surface area contributed by atoms with Crippen LogP contribution in [0.3, 0.4) is 0 Å². The Labute approximate surface area is 109 Å². The zero-order valence-corrected chi connectivity index (χ0v) is 11.3. The van der Waals surface area contributed by atoms with E-state index >= 15 is 0 Å². The molecule has 1 amide bonds. The molecule has 0 heterocycles. The minimum atomic E-state index is -0.481. The number of rotatable bonds is 6. The molecule has 0 aliphatic carbocycles. The van der Waals surface area contributed by atoms with Gasteiger partial charge in [0.2, 0.25) is 5.91 Å². The molecule has 1 unspecified atom stereocenters. The molecule has 0 aromatic heterocycles. The molecular formula is C14H22N2O2. The Bertz CT molecular complexity index is 393. The largest absolute Gasteiger partial charge is 0.494 e. The van der Waals surface area contributed by atoms with Crippen LogP contribution < -0.4 is 15.8 Å². The second-order valence-electron chi connectivity index (χ2n) is 4.36. The molecule has 0 radical (unpaired) electrons. The van der Waals surface area contributed by atoms with Crippen LogP contribution in [0.15, 0.2) is 24.3 Å². The lowest BCUT2D eigenvalue weighted by Crippen LogP contribution is -2.40. The summed E-state index contributed by atoms with van der Waals surface area (Å²) in [5.74, 6) is 0.755. The number of carbonyl (C=O) groups is 1. The van der Waals surface area contributed by atoms with Crippen molar-refractivity contribution in [1.82, 2.24) is 0 Å². The maximum Gasteiger partial charge on any atom is 0.241 e. The van der Waals surface area contributed by atoms with Gasteiger partial charge >= 0.3 is 0 Å². The number of amides is 1. The number of nitrogens with two attached hydrogens (primary N) is 1. The standard InChI is InChI=1S/C14H22N2O2/c1-4-10(3)13(15)14(17)16-11-7-6-8-12(9-11)18-5-2/h6-10,13H,4-5,15H2,1-3H3,(H,16,17)/t10?,13-/m0/s1. The topological polar surface area (TPSA) is 64.3 Å². The summed E-state index contributed by atoms with van der Waals surface area (Å²) in [4.78, 5) is 11.9. The van der Waals surface area contributed by atoms with Crippen LogP contribution in [0.4, 0.5) is 5.69 Å². The first-order valence-electron chi connectivity index (χ1n) is 6.37. The summed E-state index contributed by atoms with van der Waals surface area (Å²) in [5.41, 5.74) is 6.59. The van der Waals surface area contributed by atoms with Crippen molar-refractivity contribution in [2.75, 3.05) is 11.9 Å². The number of hydrogen-bond donors (Lipinski definition) is 2. The predicted molar refractivity (Wildman–Crippen MR) is 73.7 cm³/mol. The highest BCUT2D eigenvalue weighted by Gasteiger charge is 2.19. The Hall–Kier alpha value is -1.55. The normalized spacial score (nSPS) is 13.8. The maximum absolute atomic E-state index is 11.9. The van der Waals surface area contributed by atoms with E-state index in [1.165, 1.54) is 0 Å². The molecule has 4 heteroatoms. The Morgan fingerprint density at radius 2 is 2.17 bits per heavy atom. The minimum absolute atomic E-state index is 0.155. The van der Waals surface area contributed by atoms with E-state index in [9.17, 15) is 4.79 Å². The molecule has 1 aromatic rings. The number of nitrogens with one attached hydrogen (secondary N) is 1. The number of anilines is 1. The maximum atomic E-state index is 11.9. The van der Waals surface area contributed by atoms with Gasteiger partial charge in [-0.05, 0) is 25.0 Å². The van der Waals surface area contributed by atoms with E-state index in [1.807, 2.05) is 39.0 Å². The molecule has 0 fully saturated rings. The van der Waals surface area contributed by atoms with Gasteiger partial charge < -0.3 is 15.8 Å². The third-order valence-corrected chi connectivity index (χ3v) is 2.97. The van der Waals surface area contributed by atoms with Crippen LogP contribution in [0.5, 0.6) is 5.75 Å². The molecule has 0 saturated heterocycles. The monoisotopic (exact) mass is 250 g/mol. The smallest absolute Gasteiger partial charge is 0.241 e. The second kappa shape index (κ2) is 7.01. The van der Waals surface area contributed by atoms with Crippen molar-refractivity contribution in [1.29, 1.82) is 0 Å². The third-order valence-electron chi connectivity index (χ3n) is 2.97. The SMILES string of the molecule is CCOc1cccc(NC(=O)[C@@H](N)C(C)CC)c1. The van der Waals surface area contributed by atoms with Crippen molar-refractivity contribution < 1.29 is 9.53 Å². The van der Waals surface area contributed by atoms with Gasteiger partial charge in [0.1, 0.15) is 5.75 Å². The summed E-state index contributed by atoms with van der Waals surface area (Å²) in [6.45, 7) is 6.52. The lowest BCUT2D eigenvalue weighted by molar-refractivity contribution is -0.118. The lowest BCUT2D eigenvalue weighted by atomic mass is 9.99. The second-order valence-corrected chi connectivity index (χ2v) is 4.36. The number of hydrogen-bond acceptors (Lipinski definition) is 3. The van der Waals surface area contributed by atoms with Crippen LogP contribution in [-0.2, 0) is 4.79 Å². The van der Waals surface area contributed by atoms with Gasteiger partial charge in [-0.1, -0.05) is 26.3 Å². The molecule has 0 spiro atoms. The van der Waals surface area contributed by atoms with Gasteiger partial charge in [-0.3, -0.25) is 4.79 Å². The average molecular weight is 250 g/mol. The van der Waals surface area contributed by atoms with Crippen LogP contribution in [0, 0.1) is 5.92 Å². The first-order valence-corrected chi connectivity index (χ1v) is 6.37. The third kappa shape index (κ3) is 4.04. The fraction of sp³-hybridized carbons (Fsp3) is 0.500. The highest BCUT2D eigenvalue weighted by molar-refractivity contribution is 5.95. The summed E-state index contributed by atoms with van der Waals surface area (Å²) in [7, 11) is 0. The molecule has 0 aliphatic rings. The quantitative estimate of drug-likeness (QED) is 0.814. The van der Waals surface area contributed by atoms with E-state index < -0.39 is 6.04 Å². The molecule has 0 saturated carbocycles. The molecule has 0 aliphatic heterocycles. The van der Waals surface area contributed by atoms with Gasteiger partial charge in [-0.15, -0.1) is 0 Å². The Morgan fingerprint density at radius 3 is 2.78 bits per heavy atom. The van der Waals surface area contributed by atoms with Crippen molar-refractivity contribution >= 4 is 11.6 Å². The highest BCUT2D eigenvalue weighted by Crippen LogP contribution is 2.18. The van der Waals surface area contributed by atoms with Crippen molar-refractivity contribution in [3.8, 4) is 5.75 Å². The Balaban J connectivity index is 2.66. The van der Waals surface area contributed by atoms with Gasteiger partial charge in [0, 0.05) is 11.8 Å². The zero-order chi connectivity index (χ0) is 13.5. The predicted octanol–water partition coefficient (Wildman–Crippen LogP) is 2.40. The van der Waals surface area contributed by atoms with Crippen LogP contribution in [0.1, 0.15) is 27.2 Å². The summed E-state index contributed by atoms with van der Waals surface area (Å²) >= 11 is 0. The van der Waals surface area contributed by atoms with E-state index in [4.69, 9.17) is 10.5 Å². The Morgan fingerprint density at radius 1 is 1.44 bits per heavy atom. The van der Waals surface area contributed by atoms with Gasteiger partial charge in [-0.25, -0.2) is 0 Å². The molecule has 1 aromatic carbocycles. The molecule has 4 nitrogen and oxygen atoms in total. The van der Waals surface area contributed by atoms with E-state index in [2.05, 4.69) is 5.32 Å². The molecule has 0 bridgehead atoms. The van der Waals surface area contributed by atoms with Crippen molar-refractivity contribution in [3.05, 3.63) is 24.3 Å². The summed E-state index contributed by atoms with van der Waals surface area (Å²) in [5, 5.41) is 2.81. The molecule has 3 N–H and O–H groups in total. The van der Waals surface area contributed by atoms with E-state index in [0.717, 1.165) is 12.2 Å². The van der Waals surface area contributed by atoms with Gasteiger partial charge in [-0.2, -0.15) is 0 Å². The molecule has 18 heavy (non-hydrogen) atoms. The van der Waals surface area contributed by atoms with Crippen molar-refractivity contribution in [2.24, 2.45) is 11.7 Å². The summed E-state index contributed by atoms with van der Waals surface area (Å²) in [6.07, 6.45) is 0.883. The summed E-state index contributed by atoms with van der Waals surface area (Å²) in [6, 6.07) is 6.84. The van der Waals surface area contributed by atoms with Crippen LogP contribution in [-0.4, -0.2) is 18.6 Å². The van der Waals surface area contributed by atoms with Crippen LogP contribution in [0.2, 0.25) is 0 Å². The summed E-state index contributed by atoms with van der Waals surface area (Å²) < 4.78 is 5.37. The van der Waals surface area contributed by atoms with Crippen LogP contribution in [0.25, 0.3) is 0 Å². The fourth-order valence-corrected chi connectivity index (χ4v) is 1.57. The van der Waals surface area contributed by atoms with Crippen molar-refractivity contribution in [2.45, 2.75) is 33.2 Å².